The van der Waals surface area contributed by atoms with Crippen molar-refractivity contribution in [3.8, 4) is 5.75 Å². The summed E-state index contributed by atoms with van der Waals surface area (Å²) in [4.78, 5) is 31.0. The maximum atomic E-state index is 13.1. The van der Waals surface area contributed by atoms with E-state index in [2.05, 4.69) is 4.99 Å². The number of hydrogen-bond acceptors (Lipinski definition) is 5. The number of aliphatic imine (C=N–C) groups is 1. The van der Waals surface area contributed by atoms with Crippen LogP contribution in [0.2, 0.25) is 0 Å². The van der Waals surface area contributed by atoms with E-state index < -0.39 is 5.97 Å². The van der Waals surface area contributed by atoms with Crippen LogP contribution in [0, 0.1) is 0 Å². The third kappa shape index (κ3) is 4.24. The van der Waals surface area contributed by atoms with Gasteiger partial charge in [-0.05, 0) is 66.9 Å². The van der Waals surface area contributed by atoms with Crippen LogP contribution in [-0.2, 0) is 4.79 Å². The fourth-order valence-electron chi connectivity index (χ4n) is 3.53. The minimum Gasteiger partial charge on any atom is -0.493 e. The third-order valence-corrected chi connectivity index (χ3v) is 6.03. The summed E-state index contributed by atoms with van der Waals surface area (Å²) < 4.78 is 5.75. The van der Waals surface area contributed by atoms with Crippen molar-refractivity contribution >= 4 is 51.3 Å². The molecule has 162 valence electrons. The van der Waals surface area contributed by atoms with Gasteiger partial charge in [0, 0.05) is 11.9 Å². The molecule has 1 aliphatic rings. The van der Waals surface area contributed by atoms with Crippen LogP contribution in [-0.4, -0.2) is 40.2 Å². The molecule has 6 nitrogen and oxygen atoms in total. The molecule has 1 aliphatic heterocycles. The molecule has 0 saturated carbocycles. The Bertz CT molecular complexity index is 1270. The van der Waals surface area contributed by atoms with E-state index in [1.54, 1.807) is 17.0 Å². The molecular formula is C25H22N2O4S. The number of thioether (sulfide) groups is 1. The number of hydrogen-bond donors (Lipinski definition) is 1. The number of amidine groups is 1. The molecule has 0 aliphatic carbocycles. The zero-order valence-corrected chi connectivity index (χ0v) is 18.6. The summed E-state index contributed by atoms with van der Waals surface area (Å²) in [6.45, 7) is 4.87. The Kier molecular flexibility index (Phi) is 6.28. The molecule has 1 fully saturated rings. The first-order chi connectivity index (χ1) is 15.5. The number of carboxylic acids is 1. The first-order valence-corrected chi connectivity index (χ1v) is 11.1. The molecule has 1 amide bonds. The standard InChI is InChI=1S/C25H22N2O4S/c1-3-27-23(28)22(32-25(27)26-18-9-7-8-17(14-18)24(29)30)15-16-12-13-21(31-4-2)20-11-6-5-10-19(16)20/h5-15H,3-4H2,1-2H3,(H,29,30)/b22-15+,26-25?. The second-order valence-electron chi connectivity index (χ2n) is 7.04. The van der Waals surface area contributed by atoms with Gasteiger partial charge in [0.15, 0.2) is 5.17 Å². The summed E-state index contributed by atoms with van der Waals surface area (Å²) in [5, 5.41) is 11.7. The molecule has 0 atom stereocenters. The summed E-state index contributed by atoms with van der Waals surface area (Å²) >= 11 is 1.29. The summed E-state index contributed by atoms with van der Waals surface area (Å²) in [6, 6.07) is 18.2. The van der Waals surface area contributed by atoms with Gasteiger partial charge in [0.05, 0.1) is 22.8 Å². The lowest BCUT2D eigenvalue weighted by Crippen LogP contribution is -2.28. The number of ether oxygens (including phenoxy) is 1. The highest BCUT2D eigenvalue weighted by Crippen LogP contribution is 2.36. The highest BCUT2D eigenvalue weighted by molar-refractivity contribution is 8.18. The number of fused-ring (bicyclic) bond motifs is 1. The van der Waals surface area contributed by atoms with Gasteiger partial charge in [-0.15, -0.1) is 0 Å². The number of carbonyl (C=O) groups excluding carboxylic acids is 1. The van der Waals surface area contributed by atoms with E-state index in [1.165, 1.54) is 23.9 Å². The van der Waals surface area contributed by atoms with Crippen LogP contribution in [0.25, 0.3) is 16.8 Å². The average Bonchev–Trinajstić information content (AvgIpc) is 3.09. The third-order valence-electron chi connectivity index (χ3n) is 5.03. The van der Waals surface area contributed by atoms with Crippen LogP contribution >= 0.6 is 11.8 Å². The second-order valence-corrected chi connectivity index (χ2v) is 8.05. The Labute approximate surface area is 190 Å². The first kappa shape index (κ1) is 21.6. The van der Waals surface area contributed by atoms with E-state index in [-0.39, 0.29) is 11.5 Å². The quantitative estimate of drug-likeness (QED) is 0.502. The normalized spacial score (nSPS) is 16.3. The van der Waals surface area contributed by atoms with Crippen molar-refractivity contribution in [2.24, 2.45) is 4.99 Å². The predicted octanol–water partition coefficient (Wildman–Crippen LogP) is 5.56. The van der Waals surface area contributed by atoms with Crippen molar-refractivity contribution < 1.29 is 19.4 Å². The molecule has 1 heterocycles. The number of aromatic carboxylic acids is 1. The molecule has 0 spiro atoms. The van der Waals surface area contributed by atoms with Gasteiger partial charge in [0.1, 0.15) is 5.75 Å². The molecule has 0 radical (unpaired) electrons. The van der Waals surface area contributed by atoms with Crippen LogP contribution in [0.4, 0.5) is 5.69 Å². The van der Waals surface area contributed by atoms with Crippen molar-refractivity contribution in [3.05, 3.63) is 76.7 Å². The molecule has 7 heteroatoms. The smallest absolute Gasteiger partial charge is 0.335 e. The molecule has 1 N–H and O–H groups in total. The van der Waals surface area contributed by atoms with Crippen molar-refractivity contribution in [2.45, 2.75) is 13.8 Å². The SMILES string of the molecule is CCOc1ccc(/C=C2/SC(=Nc3cccc(C(=O)O)c3)N(CC)C2=O)c2ccccc12. The number of amides is 1. The largest absolute Gasteiger partial charge is 0.493 e. The summed E-state index contributed by atoms with van der Waals surface area (Å²) in [5.74, 6) is -0.326. The van der Waals surface area contributed by atoms with Gasteiger partial charge in [0.2, 0.25) is 0 Å². The fourth-order valence-corrected chi connectivity index (χ4v) is 4.59. The molecule has 4 rings (SSSR count). The van der Waals surface area contributed by atoms with Crippen molar-refractivity contribution in [3.63, 3.8) is 0 Å². The molecule has 0 unspecified atom stereocenters. The van der Waals surface area contributed by atoms with Gasteiger partial charge in [-0.1, -0.05) is 36.4 Å². The van der Waals surface area contributed by atoms with Crippen molar-refractivity contribution in [1.82, 2.24) is 4.90 Å². The van der Waals surface area contributed by atoms with Gasteiger partial charge >= 0.3 is 5.97 Å². The van der Waals surface area contributed by atoms with Crippen LogP contribution in [0.3, 0.4) is 0 Å². The molecule has 3 aromatic carbocycles. The Morgan fingerprint density at radius 1 is 1.09 bits per heavy atom. The molecule has 0 bridgehead atoms. The number of rotatable bonds is 6. The van der Waals surface area contributed by atoms with E-state index in [0.717, 1.165) is 22.1 Å². The number of benzene rings is 3. The number of carbonyl (C=O) groups is 2. The highest BCUT2D eigenvalue weighted by Gasteiger charge is 2.32. The number of carboxylic acid groups (broad SMARTS) is 1. The molecule has 3 aromatic rings. The Morgan fingerprint density at radius 3 is 2.59 bits per heavy atom. The zero-order chi connectivity index (χ0) is 22.7. The number of likely N-dealkylation sites (N-methyl/N-ethyl adjacent to an activating group) is 1. The van der Waals surface area contributed by atoms with E-state index in [9.17, 15) is 14.7 Å². The van der Waals surface area contributed by atoms with E-state index >= 15 is 0 Å². The lowest BCUT2D eigenvalue weighted by atomic mass is 10.0. The Morgan fingerprint density at radius 2 is 1.88 bits per heavy atom. The molecule has 32 heavy (non-hydrogen) atoms. The molecule has 1 saturated heterocycles. The lowest BCUT2D eigenvalue weighted by Gasteiger charge is -2.12. The topological polar surface area (TPSA) is 79.2 Å². The Hall–Kier alpha value is -3.58. The van der Waals surface area contributed by atoms with Crippen LogP contribution in [0.5, 0.6) is 5.75 Å². The predicted molar refractivity (Wildman–Crippen MR) is 129 cm³/mol. The van der Waals surface area contributed by atoms with Gasteiger partial charge in [-0.3, -0.25) is 9.69 Å². The monoisotopic (exact) mass is 446 g/mol. The Balaban J connectivity index is 1.73. The van der Waals surface area contributed by atoms with Gasteiger partial charge < -0.3 is 9.84 Å². The summed E-state index contributed by atoms with van der Waals surface area (Å²) in [6.07, 6.45) is 1.88. The lowest BCUT2D eigenvalue weighted by molar-refractivity contribution is -0.122. The van der Waals surface area contributed by atoms with Crippen molar-refractivity contribution in [1.29, 1.82) is 0 Å². The highest BCUT2D eigenvalue weighted by atomic mass is 32.2. The second kappa shape index (κ2) is 9.28. The van der Waals surface area contributed by atoms with Crippen LogP contribution in [0.15, 0.2) is 70.6 Å². The van der Waals surface area contributed by atoms with Gasteiger partial charge in [-0.25, -0.2) is 9.79 Å². The minimum absolute atomic E-state index is 0.122. The van der Waals surface area contributed by atoms with Crippen molar-refractivity contribution in [2.75, 3.05) is 13.2 Å². The van der Waals surface area contributed by atoms with E-state index in [1.807, 2.05) is 56.3 Å². The van der Waals surface area contributed by atoms with Gasteiger partial charge in [-0.2, -0.15) is 0 Å². The maximum absolute atomic E-state index is 13.1. The van der Waals surface area contributed by atoms with E-state index in [0.29, 0.717) is 28.9 Å². The maximum Gasteiger partial charge on any atom is 0.335 e. The van der Waals surface area contributed by atoms with E-state index in [4.69, 9.17) is 4.74 Å². The number of nitrogens with zero attached hydrogens (tertiary/aromatic N) is 2. The molecular weight excluding hydrogens is 424 g/mol. The zero-order valence-electron chi connectivity index (χ0n) is 17.7. The average molecular weight is 447 g/mol. The first-order valence-electron chi connectivity index (χ1n) is 10.3. The molecule has 0 aromatic heterocycles. The fraction of sp³-hybridized carbons (Fsp3) is 0.160. The van der Waals surface area contributed by atoms with Crippen LogP contribution < -0.4 is 4.74 Å². The minimum atomic E-state index is -1.02. The summed E-state index contributed by atoms with van der Waals surface area (Å²) in [5.41, 5.74) is 1.57. The summed E-state index contributed by atoms with van der Waals surface area (Å²) in [7, 11) is 0. The van der Waals surface area contributed by atoms with Gasteiger partial charge in [0.25, 0.3) is 5.91 Å². The van der Waals surface area contributed by atoms with Crippen LogP contribution in [0.1, 0.15) is 29.8 Å².